The number of benzene rings is 2. The van der Waals surface area contributed by atoms with Gasteiger partial charge in [-0.1, -0.05) is 18.2 Å². The maximum Gasteiger partial charge on any atom is 0.341 e. The van der Waals surface area contributed by atoms with Crippen molar-refractivity contribution in [2.75, 3.05) is 0 Å². The monoisotopic (exact) mass is 359 g/mol. The predicted molar refractivity (Wildman–Crippen MR) is 92.1 cm³/mol. The van der Waals surface area contributed by atoms with Crippen LogP contribution in [0.1, 0.15) is 22.8 Å². The second-order valence-electron chi connectivity index (χ2n) is 5.77. The number of fused-ring (bicyclic) bond motifs is 1. The van der Waals surface area contributed by atoms with E-state index in [4.69, 9.17) is 5.11 Å². The molecule has 3 aromatic rings. The first-order valence-electron chi connectivity index (χ1n) is 7.87. The highest BCUT2D eigenvalue weighted by atomic mass is 19.1. The molecule has 3 rings (SSSR count). The van der Waals surface area contributed by atoms with Gasteiger partial charge < -0.3 is 14.8 Å². The number of carbonyl (C=O) groups is 1. The summed E-state index contributed by atoms with van der Waals surface area (Å²) in [5, 5.41) is 18.1. The molecule has 1 aromatic heterocycles. The molecular weight excluding hydrogens is 344 g/mol. The van der Waals surface area contributed by atoms with Gasteiger partial charge in [0.1, 0.15) is 11.4 Å². The van der Waals surface area contributed by atoms with Gasteiger partial charge in [0.25, 0.3) is 0 Å². The predicted octanol–water partition coefficient (Wildman–Crippen LogP) is 3.16. The number of aromatic nitrogens is 1. The Bertz CT molecular complexity index is 1090. The summed E-state index contributed by atoms with van der Waals surface area (Å²) < 4.78 is 31.1. The van der Waals surface area contributed by atoms with E-state index in [2.05, 4.69) is 0 Å². The Labute approximate surface area is 146 Å². The van der Waals surface area contributed by atoms with Crippen LogP contribution < -0.4 is 5.43 Å². The van der Waals surface area contributed by atoms with Gasteiger partial charge >= 0.3 is 5.97 Å². The molecule has 5 nitrogen and oxygen atoms in total. The van der Waals surface area contributed by atoms with E-state index in [1.165, 1.54) is 16.7 Å². The fourth-order valence-electron chi connectivity index (χ4n) is 2.98. The lowest BCUT2D eigenvalue weighted by Crippen LogP contribution is -2.20. The molecule has 0 fully saturated rings. The summed E-state index contributed by atoms with van der Waals surface area (Å²) in [5.74, 6) is -3.39. The fourth-order valence-corrected chi connectivity index (χ4v) is 2.98. The molecule has 0 aliphatic carbocycles. The van der Waals surface area contributed by atoms with E-state index >= 15 is 4.39 Å². The Balaban J connectivity index is 2.43. The van der Waals surface area contributed by atoms with Crippen molar-refractivity contribution in [1.29, 1.82) is 0 Å². The third kappa shape index (κ3) is 2.76. The molecule has 1 heterocycles. The topological polar surface area (TPSA) is 79.5 Å². The number of carboxylic acids is 1. The molecule has 0 bridgehead atoms. The first-order chi connectivity index (χ1) is 12.4. The SMILES string of the molecule is CCn1cc(C(=O)O)c(=O)c2cc(F)c(-c3cccc(CO)c3)c(F)c21. The van der Waals surface area contributed by atoms with E-state index in [-0.39, 0.29) is 35.2 Å². The van der Waals surface area contributed by atoms with Crippen LogP contribution in [0, 0.1) is 11.6 Å². The van der Waals surface area contributed by atoms with Crippen LogP contribution in [-0.2, 0) is 13.2 Å². The lowest BCUT2D eigenvalue weighted by molar-refractivity contribution is 0.0695. The molecule has 134 valence electrons. The second-order valence-corrected chi connectivity index (χ2v) is 5.77. The summed E-state index contributed by atoms with van der Waals surface area (Å²) in [6.45, 7) is 1.56. The maximum absolute atomic E-state index is 15.2. The van der Waals surface area contributed by atoms with Crippen LogP contribution >= 0.6 is 0 Å². The highest BCUT2D eigenvalue weighted by Crippen LogP contribution is 2.31. The normalized spacial score (nSPS) is 11.1. The number of hydrogen-bond acceptors (Lipinski definition) is 3. The summed E-state index contributed by atoms with van der Waals surface area (Å²) in [6.07, 6.45) is 1.06. The van der Waals surface area contributed by atoms with E-state index in [1.54, 1.807) is 19.1 Å². The lowest BCUT2D eigenvalue weighted by Gasteiger charge is -2.14. The lowest BCUT2D eigenvalue weighted by atomic mass is 9.99. The Morgan fingerprint density at radius 1 is 1.23 bits per heavy atom. The number of aromatic carboxylic acids is 1. The van der Waals surface area contributed by atoms with Gasteiger partial charge in [-0.05, 0) is 30.2 Å². The first-order valence-corrected chi connectivity index (χ1v) is 7.87. The smallest absolute Gasteiger partial charge is 0.341 e. The van der Waals surface area contributed by atoms with Crippen molar-refractivity contribution in [1.82, 2.24) is 4.57 Å². The van der Waals surface area contributed by atoms with Crippen molar-refractivity contribution < 1.29 is 23.8 Å². The number of aliphatic hydroxyl groups is 1. The number of aryl methyl sites for hydroxylation is 1. The summed E-state index contributed by atoms with van der Waals surface area (Å²) in [6, 6.07) is 6.98. The zero-order valence-corrected chi connectivity index (χ0v) is 13.8. The highest BCUT2D eigenvalue weighted by Gasteiger charge is 2.22. The Morgan fingerprint density at radius 3 is 2.58 bits per heavy atom. The van der Waals surface area contributed by atoms with Gasteiger partial charge in [-0.15, -0.1) is 0 Å². The van der Waals surface area contributed by atoms with Crippen LogP contribution in [0.5, 0.6) is 0 Å². The third-order valence-corrected chi connectivity index (χ3v) is 4.22. The zero-order valence-electron chi connectivity index (χ0n) is 13.8. The number of halogens is 2. The quantitative estimate of drug-likeness (QED) is 0.750. The Kier molecular flexibility index (Phi) is 4.56. The van der Waals surface area contributed by atoms with Crippen molar-refractivity contribution in [3.8, 4) is 11.1 Å². The van der Waals surface area contributed by atoms with Crippen molar-refractivity contribution in [3.63, 3.8) is 0 Å². The Hall–Kier alpha value is -3.06. The van der Waals surface area contributed by atoms with Crippen molar-refractivity contribution in [2.45, 2.75) is 20.1 Å². The molecule has 2 aromatic carbocycles. The zero-order chi connectivity index (χ0) is 19.0. The summed E-state index contributed by atoms with van der Waals surface area (Å²) in [5.41, 5.74) is -1.29. The maximum atomic E-state index is 15.2. The van der Waals surface area contributed by atoms with Crippen molar-refractivity contribution in [2.24, 2.45) is 0 Å². The van der Waals surface area contributed by atoms with Gasteiger partial charge in [-0.3, -0.25) is 4.79 Å². The number of carboxylic acid groups (broad SMARTS) is 1. The molecule has 0 unspecified atom stereocenters. The minimum absolute atomic E-state index is 0.159. The van der Waals surface area contributed by atoms with Crippen LogP contribution in [0.2, 0.25) is 0 Å². The van der Waals surface area contributed by atoms with E-state index in [0.29, 0.717) is 5.56 Å². The van der Waals surface area contributed by atoms with Crippen LogP contribution in [0.3, 0.4) is 0 Å². The molecule has 0 aliphatic heterocycles. The van der Waals surface area contributed by atoms with E-state index in [0.717, 1.165) is 12.3 Å². The largest absolute Gasteiger partial charge is 0.477 e. The number of pyridine rings is 1. The van der Waals surface area contributed by atoms with Gasteiger partial charge in [-0.2, -0.15) is 0 Å². The molecule has 2 N–H and O–H groups in total. The molecule has 26 heavy (non-hydrogen) atoms. The first kappa shape index (κ1) is 17.8. The number of aliphatic hydroxyl groups excluding tert-OH is 1. The molecule has 7 heteroatoms. The van der Waals surface area contributed by atoms with Gasteiger partial charge in [0.05, 0.1) is 23.1 Å². The molecule has 0 atom stereocenters. The molecular formula is C19H15F2NO4. The van der Waals surface area contributed by atoms with E-state index in [9.17, 15) is 19.1 Å². The van der Waals surface area contributed by atoms with E-state index < -0.39 is 28.6 Å². The summed E-state index contributed by atoms with van der Waals surface area (Å²) in [7, 11) is 0. The minimum atomic E-state index is -1.46. The van der Waals surface area contributed by atoms with Crippen molar-refractivity contribution in [3.05, 3.63) is 69.5 Å². The van der Waals surface area contributed by atoms with E-state index in [1.807, 2.05) is 0 Å². The Morgan fingerprint density at radius 2 is 1.96 bits per heavy atom. The molecule has 0 saturated carbocycles. The highest BCUT2D eigenvalue weighted by molar-refractivity contribution is 5.94. The number of hydrogen-bond donors (Lipinski definition) is 2. The average Bonchev–Trinajstić information content (AvgIpc) is 2.62. The average molecular weight is 359 g/mol. The third-order valence-electron chi connectivity index (χ3n) is 4.22. The van der Waals surface area contributed by atoms with Gasteiger partial charge in [0.15, 0.2) is 5.82 Å². The van der Waals surface area contributed by atoms with Crippen LogP contribution in [0.15, 0.2) is 41.3 Å². The van der Waals surface area contributed by atoms with Gasteiger partial charge in [0, 0.05) is 12.7 Å². The van der Waals surface area contributed by atoms with Crippen LogP contribution in [0.25, 0.3) is 22.0 Å². The molecule has 0 saturated heterocycles. The van der Waals surface area contributed by atoms with Crippen LogP contribution in [0.4, 0.5) is 8.78 Å². The molecule has 0 amide bonds. The van der Waals surface area contributed by atoms with Crippen LogP contribution in [-0.4, -0.2) is 20.7 Å². The van der Waals surface area contributed by atoms with Gasteiger partial charge in [0.2, 0.25) is 5.43 Å². The van der Waals surface area contributed by atoms with Gasteiger partial charge in [-0.25, -0.2) is 13.6 Å². The molecule has 0 radical (unpaired) electrons. The number of rotatable bonds is 4. The summed E-state index contributed by atoms with van der Waals surface area (Å²) >= 11 is 0. The second kappa shape index (κ2) is 6.68. The summed E-state index contributed by atoms with van der Waals surface area (Å²) in [4.78, 5) is 23.6. The number of nitrogens with zero attached hydrogens (tertiary/aromatic N) is 1. The fraction of sp³-hybridized carbons (Fsp3) is 0.158. The van der Waals surface area contributed by atoms with Crippen molar-refractivity contribution >= 4 is 16.9 Å². The minimum Gasteiger partial charge on any atom is -0.477 e. The molecule has 0 aliphatic rings. The standard InChI is InChI=1S/C19H15F2NO4/c1-2-22-8-13(19(25)26)18(24)12-7-14(20)15(16(21)17(12)22)11-5-3-4-10(6-11)9-23/h3-8,23H,2,9H2,1H3,(H,25,26). The molecule has 0 spiro atoms.